The average Bonchev–Trinajstić information content (AvgIpc) is 2.96. The topological polar surface area (TPSA) is 64.8 Å². The standard InChI is InChI=1S/C15H22N2O3/c1-19-7-8-20-14-4-2-3-13(9-14)15(18)17-6-5-12(10-16)11-17/h2-4,9,12H,5-8,10-11,16H2,1H3. The molecular weight excluding hydrogens is 256 g/mol. The number of methoxy groups -OCH3 is 1. The van der Waals surface area contributed by atoms with Crippen molar-refractivity contribution in [3.8, 4) is 5.75 Å². The van der Waals surface area contributed by atoms with Crippen LogP contribution >= 0.6 is 0 Å². The molecule has 1 fully saturated rings. The van der Waals surface area contributed by atoms with E-state index in [2.05, 4.69) is 0 Å². The van der Waals surface area contributed by atoms with Crippen LogP contribution in [0.1, 0.15) is 16.8 Å². The van der Waals surface area contributed by atoms with Gasteiger partial charge < -0.3 is 20.1 Å². The molecule has 5 nitrogen and oxygen atoms in total. The second-order valence-corrected chi connectivity index (χ2v) is 5.01. The molecule has 5 heteroatoms. The maximum absolute atomic E-state index is 12.4. The summed E-state index contributed by atoms with van der Waals surface area (Å²) < 4.78 is 10.5. The van der Waals surface area contributed by atoms with Gasteiger partial charge in [0.15, 0.2) is 0 Å². The fraction of sp³-hybridized carbons (Fsp3) is 0.533. The van der Waals surface area contributed by atoms with Crippen LogP contribution in [0.4, 0.5) is 0 Å². The van der Waals surface area contributed by atoms with Gasteiger partial charge in [0.1, 0.15) is 12.4 Å². The number of benzene rings is 1. The van der Waals surface area contributed by atoms with Gasteiger partial charge >= 0.3 is 0 Å². The lowest BCUT2D eigenvalue weighted by atomic mass is 10.1. The van der Waals surface area contributed by atoms with Gasteiger partial charge in [-0.2, -0.15) is 0 Å². The quantitative estimate of drug-likeness (QED) is 0.792. The minimum atomic E-state index is 0.0538. The lowest BCUT2D eigenvalue weighted by molar-refractivity contribution is 0.0787. The fourth-order valence-electron chi connectivity index (χ4n) is 2.35. The highest BCUT2D eigenvalue weighted by Crippen LogP contribution is 2.20. The van der Waals surface area contributed by atoms with Gasteiger partial charge in [0.25, 0.3) is 5.91 Å². The second kappa shape index (κ2) is 7.26. The van der Waals surface area contributed by atoms with E-state index in [1.165, 1.54) is 0 Å². The highest BCUT2D eigenvalue weighted by Gasteiger charge is 2.26. The Labute approximate surface area is 119 Å². The SMILES string of the molecule is COCCOc1cccc(C(=O)N2CCC(CN)C2)c1. The van der Waals surface area contributed by atoms with Crippen molar-refractivity contribution >= 4 is 5.91 Å². The highest BCUT2D eigenvalue weighted by atomic mass is 16.5. The van der Waals surface area contributed by atoms with Crippen molar-refractivity contribution in [3.63, 3.8) is 0 Å². The van der Waals surface area contributed by atoms with E-state index in [0.717, 1.165) is 19.5 Å². The summed E-state index contributed by atoms with van der Waals surface area (Å²) in [6.07, 6.45) is 0.992. The number of nitrogens with zero attached hydrogens (tertiary/aromatic N) is 1. The van der Waals surface area contributed by atoms with Gasteiger partial charge in [-0.15, -0.1) is 0 Å². The molecule has 1 amide bonds. The van der Waals surface area contributed by atoms with Crippen molar-refractivity contribution in [3.05, 3.63) is 29.8 Å². The van der Waals surface area contributed by atoms with Gasteiger partial charge in [-0.3, -0.25) is 4.79 Å². The number of amides is 1. The molecule has 1 aromatic carbocycles. The number of likely N-dealkylation sites (tertiary alicyclic amines) is 1. The number of rotatable bonds is 6. The van der Waals surface area contributed by atoms with Gasteiger partial charge in [0.05, 0.1) is 6.61 Å². The molecule has 110 valence electrons. The van der Waals surface area contributed by atoms with Crippen LogP contribution in [0.2, 0.25) is 0 Å². The maximum atomic E-state index is 12.4. The van der Waals surface area contributed by atoms with Crippen molar-refractivity contribution in [2.24, 2.45) is 11.7 Å². The Balaban J connectivity index is 1.97. The van der Waals surface area contributed by atoms with Crippen LogP contribution in [-0.2, 0) is 4.74 Å². The Hall–Kier alpha value is -1.59. The molecule has 0 aromatic heterocycles. The molecule has 0 aliphatic carbocycles. The summed E-state index contributed by atoms with van der Waals surface area (Å²) >= 11 is 0. The molecule has 1 heterocycles. The van der Waals surface area contributed by atoms with E-state index >= 15 is 0 Å². The lowest BCUT2D eigenvalue weighted by Gasteiger charge is -2.16. The Bertz CT molecular complexity index is 450. The first-order valence-corrected chi connectivity index (χ1v) is 6.95. The number of nitrogens with two attached hydrogens (primary N) is 1. The third kappa shape index (κ3) is 3.71. The van der Waals surface area contributed by atoms with Gasteiger partial charge in [-0.25, -0.2) is 0 Å². The van der Waals surface area contributed by atoms with Crippen LogP contribution < -0.4 is 10.5 Å². The molecule has 0 bridgehead atoms. The number of carbonyl (C=O) groups is 1. The van der Waals surface area contributed by atoms with Crippen LogP contribution in [0.5, 0.6) is 5.75 Å². The lowest BCUT2D eigenvalue weighted by Crippen LogP contribution is -2.29. The second-order valence-electron chi connectivity index (χ2n) is 5.01. The monoisotopic (exact) mass is 278 g/mol. The summed E-state index contributed by atoms with van der Waals surface area (Å²) in [5, 5.41) is 0. The molecule has 1 atom stereocenters. The van der Waals surface area contributed by atoms with E-state index < -0.39 is 0 Å². The molecular formula is C15H22N2O3. The summed E-state index contributed by atoms with van der Waals surface area (Å²) in [6, 6.07) is 7.29. The van der Waals surface area contributed by atoms with E-state index in [0.29, 0.717) is 37.0 Å². The zero-order valence-corrected chi connectivity index (χ0v) is 11.9. The van der Waals surface area contributed by atoms with Crippen LogP contribution in [0.15, 0.2) is 24.3 Å². The van der Waals surface area contributed by atoms with Crippen LogP contribution in [0.25, 0.3) is 0 Å². The summed E-state index contributed by atoms with van der Waals surface area (Å²) in [5.74, 6) is 1.18. The first-order valence-electron chi connectivity index (χ1n) is 6.95. The Morgan fingerprint density at radius 2 is 2.30 bits per heavy atom. The van der Waals surface area contributed by atoms with E-state index in [4.69, 9.17) is 15.2 Å². The van der Waals surface area contributed by atoms with Crippen molar-refractivity contribution in [2.75, 3.05) is 40.0 Å². The molecule has 0 saturated carbocycles. The van der Waals surface area contributed by atoms with Crippen molar-refractivity contribution in [2.45, 2.75) is 6.42 Å². The molecule has 20 heavy (non-hydrogen) atoms. The number of hydrogen-bond acceptors (Lipinski definition) is 4. The van der Waals surface area contributed by atoms with Crippen molar-refractivity contribution in [1.82, 2.24) is 4.90 Å². The summed E-state index contributed by atoms with van der Waals surface area (Å²) in [6.45, 7) is 3.19. The number of ether oxygens (including phenoxy) is 2. The highest BCUT2D eigenvalue weighted by molar-refractivity contribution is 5.94. The predicted octanol–water partition coefficient (Wildman–Crippen LogP) is 1.13. The van der Waals surface area contributed by atoms with Crippen LogP contribution in [-0.4, -0.2) is 50.8 Å². The number of hydrogen-bond donors (Lipinski definition) is 1. The predicted molar refractivity (Wildman–Crippen MR) is 76.9 cm³/mol. The van der Waals surface area contributed by atoms with Gasteiger partial charge in [0, 0.05) is 25.8 Å². The minimum Gasteiger partial charge on any atom is -0.491 e. The van der Waals surface area contributed by atoms with Gasteiger partial charge in [0.2, 0.25) is 0 Å². The smallest absolute Gasteiger partial charge is 0.253 e. The van der Waals surface area contributed by atoms with Crippen LogP contribution in [0.3, 0.4) is 0 Å². The van der Waals surface area contributed by atoms with Crippen molar-refractivity contribution < 1.29 is 14.3 Å². The van der Waals surface area contributed by atoms with Crippen LogP contribution in [0, 0.1) is 5.92 Å². The van der Waals surface area contributed by atoms with Gasteiger partial charge in [-0.05, 0) is 37.1 Å². The zero-order valence-electron chi connectivity index (χ0n) is 11.9. The third-order valence-corrected chi connectivity index (χ3v) is 3.54. The molecule has 1 aromatic rings. The fourth-order valence-corrected chi connectivity index (χ4v) is 2.35. The third-order valence-electron chi connectivity index (χ3n) is 3.54. The maximum Gasteiger partial charge on any atom is 0.253 e. The van der Waals surface area contributed by atoms with E-state index in [9.17, 15) is 4.79 Å². The van der Waals surface area contributed by atoms with E-state index in [1.807, 2.05) is 23.1 Å². The summed E-state index contributed by atoms with van der Waals surface area (Å²) in [5.41, 5.74) is 6.32. The normalized spacial score (nSPS) is 18.3. The molecule has 1 saturated heterocycles. The molecule has 0 radical (unpaired) electrons. The molecule has 1 aliphatic heterocycles. The van der Waals surface area contributed by atoms with E-state index in [1.54, 1.807) is 13.2 Å². The first-order chi connectivity index (χ1) is 9.74. The number of carbonyl (C=O) groups excluding carboxylic acids is 1. The minimum absolute atomic E-state index is 0.0538. The molecule has 1 aliphatic rings. The zero-order chi connectivity index (χ0) is 14.4. The Kier molecular flexibility index (Phi) is 5.38. The molecule has 2 rings (SSSR count). The van der Waals surface area contributed by atoms with Crippen molar-refractivity contribution in [1.29, 1.82) is 0 Å². The average molecular weight is 278 g/mol. The largest absolute Gasteiger partial charge is 0.491 e. The molecule has 2 N–H and O–H groups in total. The summed E-state index contributed by atoms with van der Waals surface area (Å²) in [7, 11) is 1.63. The van der Waals surface area contributed by atoms with Gasteiger partial charge in [-0.1, -0.05) is 6.07 Å². The Morgan fingerprint density at radius 1 is 1.45 bits per heavy atom. The van der Waals surface area contributed by atoms with E-state index in [-0.39, 0.29) is 5.91 Å². The summed E-state index contributed by atoms with van der Waals surface area (Å²) in [4.78, 5) is 14.3. The Morgan fingerprint density at radius 3 is 3.00 bits per heavy atom. The molecule has 1 unspecified atom stereocenters. The first kappa shape index (κ1) is 14.8. The molecule has 0 spiro atoms.